The lowest BCUT2D eigenvalue weighted by Gasteiger charge is -2.11. The van der Waals surface area contributed by atoms with Gasteiger partial charge in [0.1, 0.15) is 11.1 Å². The number of hydrogen-bond donors (Lipinski definition) is 1. The van der Waals surface area contributed by atoms with E-state index in [0.29, 0.717) is 15.6 Å². The van der Waals surface area contributed by atoms with Gasteiger partial charge in [0.05, 0.1) is 10.6 Å². The van der Waals surface area contributed by atoms with Gasteiger partial charge in [0, 0.05) is 15.7 Å². The highest BCUT2D eigenvalue weighted by Crippen LogP contribution is 2.33. The van der Waals surface area contributed by atoms with Gasteiger partial charge in [-0.2, -0.15) is 5.26 Å². The van der Waals surface area contributed by atoms with E-state index in [4.69, 9.17) is 46.4 Å². The summed E-state index contributed by atoms with van der Waals surface area (Å²) in [5, 5.41) is 10.5. The fraction of sp³-hybridized carbons (Fsp3) is 0.158. The molecule has 6 heteroatoms. The molecular weight excluding hydrogens is 391 g/mol. The normalized spacial score (nSPS) is 11.2. The highest BCUT2D eigenvalue weighted by Gasteiger charge is 2.08. The number of hydrogen-bond acceptors (Lipinski definition) is 3. The summed E-state index contributed by atoms with van der Waals surface area (Å²) in [6.45, 7) is 4.06. The first-order valence-electron chi connectivity index (χ1n) is 7.41. The van der Waals surface area contributed by atoms with Gasteiger partial charge < -0.3 is 5.73 Å². The van der Waals surface area contributed by atoms with E-state index in [1.807, 2.05) is 19.1 Å². The molecule has 2 nitrogen and oxygen atoms in total. The largest absolute Gasteiger partial charge is 0.389 e. The summed E-state index contributed by atoms with van der Waals surface area (Å²) >= 11 is 18.8. The predicted octanol–water partition coefficient (Wildman–Crippen LogP) is 6.10. The Morgan fingerprint density at radius 3 is 2.60 bits per heavy atom. The molecule has 128 valence electrons. The van der Waals surface area contributed by atoms with Crippen molar-refractivity contribution in [2.75, 3.05) is 0 Å². The maximum absolute atomic E-state index is 9.16. The van der Waals surface area contributed by atoms with Crippen LogP contribution in [0.5, 0.6) is 0 Å². The molecule has 0 aliphatic carbocycles. The minimum absolute atomic E-state index is 0.101. The molecule has 0 spiro atoms. The van der Waals surface area contributed by atoms with E-state index in [1.54, 1.807) is 30.0 Å². The first-order valence-corrected chi connectivity index (χ1v) is 9.56. The lowest BCUT2D eigenvalue weighted by atomic mass is 9.99. The van der Waals surface area contributed by atoms with E-state index in [9.17, 15) is 0 Å². The van der Waals surface area contributed by atoms with Crippen LogP contribution >= 0.6 is 47.2 Å². The zero-order valence-electron chi connectivity index (χ0n) is 13.8. The fourth-order valence-corrected chi connectivity index (χ4v) is 3.95. The van der Waals surface area contributed by atoms with E-state index in [-0.39, 0.29) is 4.99 Å². The number of thiocarbonyl (C=S) groups is 1. The number of benzene rings is 2. The summed E-state index contributed by atoms with van der Waals surface area (Å²) < 4.78 is 0. The van der Waals surface area contributed by atoms with Crippen molar-refractivity contribution in [3.63, 3.8) is 0 Å². The second kappa shape index (κ2) is 8.73. The Bertz CT molecular complexity index is 899. The third kappa shape index (κ3) is 5.23. The van der Waals surface area contributed by atoms with Crippen LogP contribution in [0, 0.1) is 25.2 Å². The van der Waals surface area contributed by atoms with E-state index < -0.39 is 0 Å². The average molecular weight is 407 g/mol. The van der Waals surface area contributed by atoms with Crippen molar-refractivity contribution in [2.24, 2.45) is 5.73 Å². The molecule has 2 N–H and O–H groups in total. The number of aryl methyl sites for hydroxylation is 2. The second-order valence-electron chi connectivity index (χ2n) is 5.53. The first kappa shape index (κ1) is 19.8. The number of rotatable bonds is 5. The van der Waals surface area contributed by atoms with Gasteiger partial charge in [0.25, 0.3) is 0 Å². The summed E-state index contributed by atoms with van der Waals surface area (Å²) in [5.41, 5.74) is 10.2. The van der Waals surface area contributed by atoms with Crippen LogP contribution in [0.1, 0.15) is 22.3 Å². The minimum atomic E-state index is 0.101. The monoisotopic (exact) mass is 406 g/mol. The SMILES string of the molecule is Cc1cc(C)c(CSc2cc(Cl)ccc2Cl)cc1/C=C(\C#N)C(N)=S. The van der Waals surface area contributed by atoms with Crippen LogP contribution in [0.3, 0.4) is 0 Å². The second-order valence-corrected chi connectivity index (χ2v) is 7.83. The Balaban J connectivity index is 2.33. The number of nitriles is 1. The molecular formula is C19H16Cl2N2S2. The van der Waals surface area contributed by atoms with Gasteiger partial charge in [0.15, 0.2) is 0 Å². The number of thioether (sulfide) groups is 1. The van der Waals surface area contributed by atoms with Gasteiger partial charge >= 0.3 is 0 Å². The van der Waals surface area contributed by atoms with Gasteiger partial charge in [-0.3, -0.25) is 0 Å². The van der Waals surface area contributed by atoms with Crippen molar-refractivity contribution in [3.05, 3.63) is 68.2 Å². The molecule has 0 radical (unpaired) electrons. The standard InChI is InChI=1S/C19H16Cl2N2S2/c1-11-5-12(2)15(7-13(11)6-14(9-22)19(23)24)10-25-18-8-16(20)3-4-17(18)21/h3-8H,10H2,1-2H3,(H2,23,24)/b14-6+. The molecule has 2 aromatic carbocycles. The molecule has 0 saturated heterocycles. The van der Waals surface area contributed by atoms with E-state index in [2.05, 4.69) is 19.1 Å². The Morgan fingerprint density at radius 1 is 1.24 bits per heavy atom. The van der Waals surface area contributed by atoms with Gasteiger partial charge in [-0.05, 0) is 60.4 Å². The fourth-order valence-electron chi connectivity index (χ4n) is 2.28. The highest BCUT2D eigenvalue weighted by molar-refractivity contribution is 7.98. The predicted molar refractivity (Wildman–Crippen MR) is 112 cm³/mol. The smallest absolute Gasteiger partial charge is 0.114 e. The molecule has 0 aromatic heterocycles. The molecule has 0 amide bonds. The van der Waals surface area contributed by atoms with Crippen LogP contribution < -0.4 is 5.73 Å². The topological polar surface area (TPSA) is 49.8 Å². The Morgan fingerprint density at radius 2 is 1.96 bits per heavy atom. The van der Waals surface area contributed by atoms with E-state index >= 15 is 0 Å². The molecule has 0 unspecified atom stereocenters. The quantitative estimate of drug-likeness (QED) is 0.282. The zero-order valence-corrected chi connectivity index (χ0v) is 16.9. The highest BCUT2D eigenvalue weighted by atomic mass is 35.5. The molecule has 0 bridgehead atoms. The van der Waals surface area contributed by atoms with Crippen LogP contribution in [0.4, 0.5) is 0 Å². The summed E-state index contributed by atoms with van der Waals surface area (Å²) in [4.78, 5) is 1.04. The van der Waals surface area contributed by atoms with Crippen molar-refractivity contribution in [3.8, 4) is 6.07 Å². The van der Waals surface area contributed by atoms with Crippen molar-refractivity contribution in [1.82, 2.24) is 0 Å². The van der Waals surface area contributed by atoms with E-state index in [1.165, 1.54) is 5.56 Å². The molecule has 2 aromatic rings. The molecule has 0 heterocycles. The van der Waals surface area contributed by atoms with Crippen LogP contribution in [0.25, 0.3) is 6.08 Å². The average Bonchev–Trinajstić information content (AvgIpc) is 2.55. The Labute approximate surface area is 167 Å². The van der Waals surface area contributed by atoms with Crippen LogP contribution in [0.15, 0.2) is 40.8 Å². The van der Waals surface area contributed by atoms with Gasteiger partial charge in [-0.25, -0.2) is 0 Å². The van der Waals surface area contributed by atoms with Gasteiger partial charge in [-0.15, -0.1) is 11.8 Å². The summed E-state index contributed by atoms with van der Waals surface area (Å²) in [7, 11) is 0. The Kier molecular flexibility index (Phi) is 6.92. The van der Waals surface area contributed by atoms with Crippen LogP contribution in [0.2, 0.25) is 10.0 Å². The lowest BCUT2D eigenvalue weighted by Crippen LogP contribution is -2.09. The molecule has 0 aliphatic rings. The van der Waals surface area contributed by atoms with Crippen molar-refractivity contribution >= 4 is 58.2 Å². The van der Waals surface area contributed by atoms with Crippen molar-refractivity contribution in [1.29, 1.82) is 5.26 Å². The molecule has 0 fully saturated rings. The molecule has 0 saturated carbocycles. The number of halogens is 2. The first-order chi connectivity index (χ1) is 11.8. The lowest BCUT2D eigenvalue weighted by molar-refractivity contribution is 1.26. The summed E-state index contributed by atoms with van der Waals surface area (Å²) in [5.74, 6) is 0.738. The number of nitrogens with zero attached hydrogens (tertiary/aromatic N) is 1. The maximum atomic E-state index is 9.16. The van der Waals surface area contributed by atoms with Crippen LogP contribution in [-0.2, 0) is 5.75 Å². The zero-order chi connectivity index (χ0) is 18.6. The molecule has 25 heavy (non-hydrogen) atoms. The minimum Gasteiger partial charge on any atom is -0.389 e. The summed E-state index contributed by atoms with van der Waals surface area (Å²) in [6, 6.07) is 11.6. The number of nitrogens with two attached hydrogens (primary N) is 1. The third-order valence-corrected chi connectivity index (χ3v) is 5.69. The van der Waals surface area contributed by atoms with Gasteiger partial charge in [-0.1, -0.05) is 47.6 Å². The Hall–Kier alpha value is -1.51. The van der Waals surface area contributed by atoms with Gasteiger partial charge in [0.2, 0.25) is 0 Å². The molecule has 2 rings (SSSR count). The maximum Gasteiger partial charge on any atom is 0.114 e. The van der Waals surface area contributed by atoms with E-state index in [0.717, 1.165) is 27.3 Å². The third-order valence-electron chi connectivity index (χ3n) is 3.69. The molecule has 0 aliphatic heterocycles. The van der Waals surface area contributed by atoms with Crippen LogP contribution in [-0.4, -0.2) is 4.99 Å². The van der Waals surface area contributed by atoms with Crippen molar-refractivity contribution in [2.45, 2.75) is 24.5 Å². The summed E-state index contributed by atoms with van der Waals surface area (Å²) in [6.07, 6.45) is 1.73. The van der Waals surface area contributed by atoms with Crippen molar-refractivity contribution < 1.29 is 0 Å². The molecule has 0 atom stereocenters.